The molecule has 2 unspecified atom stereocenters. The molecule has 0 saturated heterocycles. The molecular weight excluding hydrogens is 444 g/mol. The van der Waals surface area contributed by atoms with E-state index in [1.807, 2.05) is 24.3 Å². The molecule has 2 aromatic carbocycles. The van der Waals surface area contributed by atoms with Gasteiger partial charge in [0.25, 0.3) is 0 Å². The summed E-state index contributed by atoms with van der Waals surface area (Å²) in [6.07, 6.45) is 4.65. The highest BCUT2D eigenvalue weighted by atomic mass is 16.5. The lowest BCUT2D eigenvalue weighted by Gasteiger charge is -2.32. The molecule has 0 aromatic heterocycles. The molecule has 7 nitrogen and oxygen atoms in total. The molecule has 7 heteroatoms. The van der Waals surface area contributed by atoms with Gasteiger partial charge < -0.3 is 20.1 Å². The smallest absolute Gasteiger partial charge is 0.407 e. The standard InChI is InChI=1S/C28H34N2O5/c1-18(27(32)33)30(2)26(31)16-25(19-10-4-3-5-11-19)29-28(34)35-17-24-22-14-8-6-12-20(22)21-13-7-9-15-23(21)24/h6-9,12-15,18-19,24-25H,3-5,10-11,16-17H2,1-2H3,(H,29,34)(H,32,33). The number of hydrogen-bond donors (Lipinski definition) is 2. The molecule has 0 heterocycles. The van der Waals surface area contributed by atoms with Gasteiger partial charge in [-0.05, 0) is 47.9 Å². The Kier molecular flexibility index (Phi) is 7.73. The molecular formula is C28H34N2O5. The topological polar surface area (TPSA) is 95.9 Å². The van der Waals surface area contributed by atoms with E-state index in [-0.39, 0.29) is 36.8 Å². The molecule has 186 valence electrons. The predicted molar refractivity (Wildman–Crippen MR) is 133 cm³/mol. The van der Waals surface area contributed by atoms with Gasteiger partial charge in [-0.3, -0.25) is 4.79 Å². The van der Waals surface area contributed by atoms with Gasteiger partial charge in [0.05, 0.1) is 0 Å². The second-order valence-corrected chi connectivity index (χ2v) is 9.70. The Morgan fingerprint density at radius 2 is 1.57 bits per heavy atom. The van der Waals surface area contributed by atoms with Crippen molar-refractivity contribution < 1.29 is 24.2 Å². The SMILES string of the molecule is CC(C(=O)O)N(C)C(=O)CC(NC(=O)OCC1c2ccccc2-c2ccccc21)C1CCCCC1. The van der Waals surface area contributed by atoms with Gasteiger partial charge >= 0.3 is 12.1 Å². The van der Waals surface area contributed by atoms with E-state index in [1.54, 1.807) is 0 Å². The lowest BCUT2D eigenvalue weighted by Crippen LogP contribution is -2.47. The second-order valence-electron chi connectivity index (χ2n) is 9.70. The summed E-state index contributed by atoms with van der Waals surface area (Å²) in [6, 6.07) is 15.0. The Morgan fingerprint density at radius 3 is 2.14 bits per heavy atom. The van der Waals surface area contributed by atoms with Crippen LogP contribution in [0.25, 0.3) is 11.1 Å². The Hall–Kier alpha value is -3.35. The van der Waals surface area contributed by atoms with E-state index in [4.69, 9.17) is 4.74 Å². The van der Waals surface area contributed by atoms with Crippen LogP contribution in [0.4, 0.5) is 4.79 Å². The van der Waals surface area contributed by atoms with Gasteiger partial charge in [0.1, 0.15) is 12.6 Å². The maximum atomic E-state index is 12.9. The van der Waals surface area contributed by atoms with Crippen LogP contribution >= 0.6 is 0 Å². The number of carbonyl (C=O) groups is 3. The zero-order chi connectivity index (χ0) is 24.9. The molecule has 2 atom stereocenters. The molecule has 4 rings (SSSR count). The number of aliphatic carboxylic acids is 1. The van der Waals surface area contributed by atoms with Crippen LogP contribution in [0, 0.1) is 5.92 Å². The Labute approximate surface area is 206 Å². The highest BCUT2D eigenvalue weighted by Crippen LogP contribution is 2.44. The summed E-state index contributed by atoms with van der Waals surface area (Å²) in [7, 11) is 1.49. The van der Waals surface area contributed by atoms with Crippen molar-refractivity contribution in [1.29, 1.82) is 0 Å². The number of nitrogens with zero attached hydrogens (tertiary/aromatic N) is 1. The van der Waals surface area contributed by atoms with Crippen molar-refractivity contribution in [2.45, 2.75) is 63.5 Å². The highest BCUT2D eigenvalue weighted by molar-refractivity contribution is 5.84. The van der Waals surface area contributed by atoms with Crippen molar-refractivity contribution in [2.24, 2.45) is 5.92 Å². The number of carbonyl (C=O) groups excluding carboxylic acids is 2. The Bertz CT molecular complexity index is 1030. The number of benzene rings is 2. The Morgan fingerprint density at radius 1 is 1.00 bits per heavy atom. The summed E-state index contributed by atoms with van der Waals surface area (Å²) in [5.74, 6) is -1.22. The number of rotatable bonds is 8. The van der Waals surface area contributed by atoms with E-state index < -0.39 is 18.1 Å². The minimum absolute atomic E-state index is 0.0366. The van der Waals surface area contributed by atoms with E-state index in [1.165, 1.54) is 30.0 Å². The number of amides is 2. The molecule has 1 saturated carbocycles. The average Bonchev–Trinajstić information content (AvgIpc) is 3.20. The number of hydrogen-bond acceptors (Lipinski definition) is 4. The zero-order valence-corrected chi connectivity index (χ0v) is 20.4. The van der Waals surface area contributed by atoms with Gasteiger partial charge in [0, 0.05) is 25.4 Å². The van der Waals surface area contributed by atoms with Crippen molar-refractivity contribution in [3.8, 4) is 11.1 Å². The number of fused-ring (bicyclic) bond motifs is 3. The largest absolute Gasteiger partial charge is 0.480 e. The fourth-order valence-corrected chi connectivity index (χ4v) is 5.38. The third kappa shape index (κ3) is 5.50. The summed E-state index contributed by atoms with van der Waals surface area (Å²) in [6.45, 7) is 1.69. The number of ether oxygens (including phenoxy) is 1. The first-order chi connectivity index (χ1) is 16.9. The summed E-state index contributed by atoms with van der Waals surface area (Å²) >= 11 is 0. The molecule has 0 radical (unpaired) electrons. The van der Waals surface area contributed by atoms with E-state index in [0.717, 1.165) is 43.2 Å². The number of nitrogens with one attached hydrogen (secondary N) is 1. The molecule has 0 spiro atoms. The first-order valence-electron chi connectivity index (χ1n) is 12.5. The molecule has 2 aliphatic carbocycles. The monoisotopic (exact) mass is 478 g/mol. The Balaban J connectivity index is 1.43. The molecule has 1 fully saturated rings. The second kappa shape index (κ2) is 10.9. The molecule has 2 aromatic rings. The first kappa shape index (κ1) is 24.8. The maximum Gasteiger partial charge on any atom is 0.407 e. The molecule has 0 bridgehead atoms. The molecule has 0 aliphatic heterocycles. The lowest BCUT2D eigenvalue weighted by atomic mass is 9.82. The minimum Gasteiger partial charge on any atom is -0.480 e. The summed E-state index contributed by atoms with van der Waals surface area (Å²) in [4.78, 5) is 38.3. The first-order valence-corrected chi connectivity index (χ1v) is 12.5. The molecule has 2 amide bonds. The number of carboxylic acid groups (broad SMARTS) is 1. The van der Waals surface area contributed by atoms with Crippen molar-refractivity contribution in [3.05, 3.63) is 59.7 Å². The van der Waals surface area contributed by atoms with Crippen LogP contribution in [0.1, 0.15) is 62.5 Å². The highest BCUT2D eigenvalue weighted by Gasteiger charge is 2.32. The van der Waals surface area contributed by atoms with Gasteiger partial charge in [-0.25, -0.2) is 9.59 Å². The normalized spacial score (nSPS) is 17.1. The van der Waals surface area contributed by atoms with Crippen molar-refractivity contribution in [1.82, 2.24) is 10.2 Å². The van der Waals surface area contributed by atoms with E-state index in [9.17, 15) is 19.5 Å². The third-order valence-electron chi connectivity index (χ3n) is 7.59. The average molecular weight is 479 g/mol. The molecule has 2 N–H and O–H groups in total. The van der Waals surface area contributed by atoms with Gasteiger partial charge in [-0.2, -0.15) is 0 Å². The van der Waals surface area contributed by atoms with Crippen molar-refractivity contribution in [3.63, 3.8) is 0 Å². The van der Waals surface area contributed by atoms with E-state index >= 15 is 0 Å². The number of alkyl carbamates (subject to hydrolysis) is 1. The van der Waals surface area contributed by atoms with Crippen LogP contribution < -0.4 is 5.32 Å². The van der Waals surface area contributed by atoms with Gasteiger partial charge in [0.2, 0.25) is 5.91 Å². The predicted octanol–water partition coefficient (Wildman–Crippen LogP) is 4.80. The third-order valence-corrected chi connectivity index (χ3v) is 7.59. The summed E-state index contributed by atoms with van der Waals surface area (Å²) < 4.78 is 5.72. The quantitative estimate of drug-likeness (QED) is 0.568. The minimum atomic E-state index is -1.06. The number of carboxylic acids is 1. The lowest BCUT2D eigenvalue weighted by molar-refractivity contribution is -0.148. The van der Waals surface area contributed by atoms with Gasteiger partial charge in [-0.15, -0.1) is 0 Å². The van der Waals surface area contributed by atoms with Crippen LogP contribution in [0.3, 0.4) is 0 Å². The maximum absolute atomic E-state index is 12.9. The fraction of sp³-hybridized carbons (Fsp3) is 0.464. The molecule has 2 aliphatic rings. The van der Waals surface area contributed by atoms with E-state index in [2.05, 4.69) is 29.6 Å². The fourth-order valence-electron chi connectivity index (χ4n) is 5.38. The summed E-state index contributed by atoms with van der Waals surface area (Å²) in [5.41, 5.74) is 4.62. The van der Waals surface area contributed by atoms with Crippen LogP contribution in [0.15, 0.2) is 48.5 Å². The van der Waals surface area contributed by atoms with Gasteiger partial charge in [0.15, 0.2) is 0 Å². The van der Waals surface area contributed by atoms with Crippen LogP contribution in [0.5, 0.6) is 0 Å². The molecule has 35 heavy (non-hydrogen) atoms. The summed E-state index contributed by atoms with van der Waals surface area (Å²) in [5, 5.41) is 12.2. The zero-order valence-electron chi connectivity index (χ0n) is 20.4. The van der Waals surface area contributed by atoms with Crippen LogP contribution in [-0.2, 0) is 14.3 Å². The van der Waals surface area contributed by atoms with E-state index in [0.29, 0.717) is 0 Å². The van der Waals surface area contributed by atoms with Gasteiger partial charge in [-0.1, -0.05) is 67.8 Å². The van der Waals surface area contributed by atoms with Crippen molar-refractivity contribution >= 4 is 18.0 Å². The van der Waals surface area contributed by atoms with Crippen molar-refractivity contribution in [2.75, 3.05) is 13.7 Å². The van der Waals surface area contributed by atoms with Crippen LogP contribution in [0.2, 0.25) is 0 Å². The van der Waals surface area contributed by atoms with Crippen LogP contribution in [-0.4, -0.2) is 53.7 Å². The number of likely N-dealkylation sites (N-methyl/N-ethyl adjacent to an activating group) is 1.